The fourth-order valence-corrected chi connectivity index (χ4v) is 3.35. The van der Waals surface area contributed by atoms with Crippen molar-refractivity contribution < 1.29 is 44.1 Å². The lowest BCUT2D eigenvalue weighted by Gasteiger charge is -2.36. The summed E-state index contributed by atoms with van der Waals surface area (Å²) >= 11 is 7.22. The van der Waals surface area contributed by atoms with Gasteiger partial charge in [0.2, 0.25) is 5.54 Å². The van der Waals surface area contributed by atoms with E-state index >= 15 is 0 Å². The van der Waals surface area contributed by atoms with E-state index in [1.165, 1.54) is 6.07 Å². The molecule has 1 rings (SSSR count). The van der Waals surface area contributed by atoms with Crippen LogP contribution in [0.15, 0.2) is 18.2 Å². The summed E-state index contributed by atoms with van der Waals surface area (Å²) in [5, 5.41) is 0.180. The second kappa shape index (κ2) is 7.08. The van der Waals surface area contributed by atoms with Gasteiger partial charge in [0, 0.05) is 3.57 Å². The second-order valence-corrected chi connectivity index (χ2v) is 7.81. The first kappa shape index (κ1) is 22.2. The van der Waals surface area contributed by atoms with E-state index in [1.807, 2.05) is 0 Å². The average Bonchev–Trinajstić information content (AvgIpc) is 2.36. The van der Waals surface area contributed by atoms with E-state index in [0.29, 0.717) is 5.32 Å². The zero-order valence-electron chi connectivity index (χ0n) is 11.5. The molecule has 1 aromatic rings. The lowest BCUT2D eigenvalue weighted by atomic mass is 9.99. The summed E-state index contributed by atoms with van der Waals surface area (Å²) < 4.78 is 109. The van der Waals surface area contributed by atoms with Gasteiger partial charge in [-0.25, -0.2) is 0 Å². The van der Waals surface area contributed by atoms with E-state index in [-0.39, 0.29) is 3.57 Å². The van der Waals surface area contributed by atoms with Crippen molar-refractivity contribution in [1.82, 2.24) is 5.32 Å². The average molecular weight is 526 g/mol. The first-order chi connectivity index (χ1) is 11.0. The summed E-state index contributed by atoms with van der Waals surface area (Å²) in [4.78, 5) is 11.9. The van der Waals surface area contributed by atoms with Gasteiger partial charge in [-0.05, 0) is 40.8 Å². The first-order valence-corrected chi connectivity index (χ1v) is 8.93. The molecule has 0 saturated heterocycles. The third-order valence-corrected chi connectivity index (χ3v) is 4.67. The van der Waals surface area contributed by atoms with Gasteiger partial charge in [0.25, 0.3) is 16.0 Å². The van der Waals surface area contributed by atoms with Crippen molar-refractivity contribution in [3.63, 3.8) is 0 Å². The summed E-state index contributed by atoms with van der Waals surface area (Å²) in [5.74, 6) is -4.76. The third kappa shape index (κ3) is 5.10. The standard InChI is InChI=1S/C11H7ClF6INO4S/c12-7-2-1-5(19)3-6(7)8(21)20-9(10(13,14)15,11(16,17)18)4-25(22,23)24/h1-3H,4H2,(H,20,21)(H,22,23,24). The minimum Gasteiger partial charge on any atom is -0.329 e. The van der Waals surface area contributed by atoms with Crippen molar-refractivity contribution in [3.05, 3.63) is 32.4 Å². The van der Waals surface area contributed by atoms with Crippen LogP contribution < -0.4 is 5.32 Å². The number of nitrogens with one attached hydrogen (secondary N) is 1. The first-order valence-electron chi connectivity index (χ1n) is 5.86. The zero-order chi connectivity index (χ0) is 19.8. The van der Waals surface area contributed by atoms with E-state index in [0.717, 1.165) is 12.1 Å². The summed E-state index contributed by atoms with van der Waals surface area (Å²) in [6.07, 6.45) is -12.6. The van der Waals surface area contributed by atoms with Crippen LogP contribution in [0.4, 0.5) is 26.3 Å². The Morgan fingerprint density at radius 1 is 1.16 bits per heavy atom. The molecule has 0 aliphatic heterocycles. The number of benzene rings is 1. The van der Waals surface area contributed by atoms with E-state index in [2.05, 4.69) is 0 Å². The monoisotopic (exact) mass is 525 g/mol. The maximum Gasteiger partial charge on any atom is 0.421 e. The Hall–Kier alpha value is -0.800. The molecule has 0 saturated carbocycles. The fourth-order valence-electron chi connectivity index (χ4n) is 1.71. The Balaban J connectivity index is 3.53. The molecule has 25 heavy (non-hydrogen) atoms. The van der Waals surface area contributed by atoms with E-state index in [9.17, 15) is 39.6 Å². The van der Waals surface area contributed by atoms with E-state index in [1.54, 1.807) is 22.6 Å². The number of amides is 1. The van der Waals surface area contributed by atoms with Gasteiger partial charge in [-0.3, -0.25) is 9.35 Å². The second-order valence-electron chi connectivity index (χ2n) is 4.71. The highest BCUT2D eigenvalue weighted by Gasteiger charge is 2.73. The Morgan fingerprint density at radius 2 is 1.64 bits per heavy atom. The molecule has 0 fully saturated rings. The SMILES string of the molecule is O=C(NC(CS(=O)(=O)O)(C(F)(F)F)C(F)(F)F)c1cc(I)ccc1Cl. The summed E-state index contributed by atoms with van der Waals surface area (Å²) in [5.41, 5.74) is -5.96. The number of hydrogen-bond donors (Lipinski definition) is 2. The molecule has 0 spiro atoms. The summed E-state index contributed by atoms with van der Waals surface area (Å²) in [6.45, 7) is 0. The lowest BCUT2D eigenvalue weighted by Crippen LogP contribution is -2.70. The molecule has 142 valence electrons. The van der Waals surface area contributed by atoms with Gasteiger partial charge in [0.1, 0.15) is 5.75 Å². The van der Waals surface area contributed by atoms with Gasteiger partial charge in [0.05, 0.1) is 10.6 Å². The molecule has 0 atom stereocenters. The normalized spacial score (nSPS) is 13.6. The lowest BCUT2D eigenvalue weighted by molar-refractivity contribution is -0.296. The van der Waals surface area contributed by atoms with Crippen LogP contribution in [0.2, 0.25) is 5.02 Å². The van der Waals surface area contributed by atoms with E-state index < -0.39 is 50.3 Å². The molecule has 0 unspecified atom stereocenters. The van der Waals surface area contributed by atoms with Crippen molar-refractivity contribution >= 4 is 50.2 Å². The smallest absolute Gasteiger partial charge is 0.329 e. The van der Waals surface area contributed by atoms with Crippen LogP contribution in [0.1, 0.15) is 10.4 Å². The van der Waals surface area contributed by atoms with Crippen molar-refractivity contribution in [2.75, 3.05) is 5.75 Å². The van der Waals surface area contributed by atoms with Crippen molar-refractivity contribution in [2.45, 2.75) is 17.9 Å². The highest BCUT2D eigenvalue weighted by molar-refractivity contribution is 14.1. The predicted octanol–water partition coefficient (Wildman–Crippen LogP) is 3.43. The highest BCUT2D eigenvalue weighted by Crippen LogP contribution is 2.44. The van der Waals surface area contributed by atoms with Crippen LogP contribution in [0.25, 0.3) is 0 Å². The van der Waals surface area contributed by atoms with Gasteiger partial charge in [0.15, 0.2) is 0 Å². The number of rotatable bonds is 4. The van der Waals surface area contributed by atoms with Crippen LogP contribution in [-0.4, -0.2) is 42.5 Å². The highest BCUT2D eigenvalue weighted by atomic mass is 127. The molecule has 1 aromatic carbocycles. The molecule has 0 bridgehead atoms. The minimum absolute atomic E-state index is 0.270. The van der Waals surface area contributed by atoms with Crippen LogP contribution in [0.5, 0.6) is 0 Å². The molecule has 0 radical (unpaired) electrons. The Kier molecular flexibility index (Phi) is 6.29. The zero-order valence-corrected chi connectivity index (χ0v) is 15.3. The van der Waals surface area contributed by atoms with Crippen LogP contribution in [0, 0.1) is 3.57 Å². The van der Waals surface area contributed by atoms with Gasteiger partial charge in [-0.1, -0.05) is 11.6 Å². The number of halogens is 8. The summed E-state index contributed by atoms with van der Waals surface area (Å²) in [6, 6.07) is 3.30. The number of carbonyl (C=O) groups is 1. The minimum atomic E-state index is -6.29. The maximum atomic E-state index is 13.1. The number of carbonyl (C=O) groups excluding carboxylic acids is 1. The topological polar surface area (TPSA) is 83.5 Å². The molecule has 5 nitrogen and oxygen atoms in total. The van der Waals surface area contributed by atoms with Crippen molar-refractivity contribution in [1.29, 1.82) is 0 Å². The van der Waals surface area contributed by atoms with Gasteiger partial charge < -0.3 is 5.32 Å². The molecule has 14 heteroatoms. The fraction of sp³-hybridized carbons (Fsp3) is 0.364. The molecule has 0 aliphatic carbocycles. The Morgan fingerprint density at radius 3 is 2.04 bits per heavy atom. The molecule has 0 aromatic heterocycles. The van der Waals surface area contributed by atoms with Gasteiger partial charge >= 0.3 is 12.4 Å². The van der Waals surface area contributed by atoms with E-state index in [4.69, 9.17) is 16.2 Å². The molecular formula is C11H7ClF6INO4S. The van der Waals surface area contributed by atoms with Crippen molar-refractivity contribution in [3.8, 4) is 0 Å². The predicted molar refractivity (Wildman–Crippen MR) is 82.9 cm³/mol. The molecule has 0 aliphatic rings. The van der Waals surface area contributed by atoms with Crippen LogP contribution in [-0.2, 0) is 10.1 Å². The number of hydrogen-bond acceptors (Lipinski definition) is 3. The quantitative estimate of drug-likeness (QED) is 0.359. The van der Waals surface area contributed by atoms with Crippen molar-refractivity contribution in [2.24, 2.45) is 0 Å². The van der Waals surface area contributed by atoms with Crippen LogP contribution in [0.3, 0.4) is 0 Å². The Bertz CT molecular complexity index is 766. The Labute approximate surface area is 155 Å². The molecule has 1 amide bonds. The van der Waals surface area contributed by atoms with Crippen LogP contribution >= 0.6 is 34.2 Å². The largest absolute Gasteiger partial charge is 0.421 e. The molecular weight excluding hydrogens is 519 g/mol. The van der Waals surface area contributed by atoms with Gasteiger partial charge in [-0.2, -0.15) is 34.8 Å². The number of alkyl halides is 6. The third-order valence-electron chi connectivity index (χ3n) is 2.87. The maximum absolute atomic E-state index is 13.1. The molecule has 0 heterocycles. The molecule has 2 N–H and O–H groups in total. The summed E-state index contributed by atoms with van der Waals surface area (Å²) in [7, 11) is -5.78. The van der Waals surface area contributed by atoms with Gasteiger partial charge in [-0.15, -0.1) is 0 Å².